The highest BCUT2D eigenvalue weighted by Gasteiger charge is 2.31. The van der Waals surface area contributed by atoms with Crippen molar-refractivity contribution >= 4 is 21.4 Å². The first-order valence-corrected chi connectivity index (χ1v) is 8.61. The van der Waals surface area contributed by atoms with Crippen LogP contribution in [0.25, 0.3) is 0 Å². The first-order chi connectivity index (χ1) is 9.06. The van der Waals surface area contributed by atoms with E-state index in [1.165, 1.54) is 11.3 Å². The maximum atomic E-state index is 12.2. The van der Waals surface area contributed by atoms with Gasteiger partial charge < -0.3 is 9.84 Å². The smallest absolute Gasteiger partial charge is 0.250 e. The highest BCUT2D eigenvalue weighted by atomic mass is 32.2. The minimum Gasteiger partial charge on any atom is -0.396 e. The van der Waals surface area contributed by atoms with Crippen molar-refractivity contribution < 1.29 is 18.3 Å². The molecule has 0 radical (unpaired) electrons. The Balaban J connectivity index is 2.08. The fourth-order valence-electron chi connectivity index (χ4n) is 2.35. The average molecular weight is 305 g/mol. The van der Waals surface area contributed by atoms with Crippen LogP contribution in [0.5, 0.6) is 0 Å². The molecule has 1 aromatic heterocycles. The van der Waals surface area contributed by atoms with E-state index in [0.29, 0.717) is 10.6 Å². The van der Waals surface area contributed by atoms with E-state index in [9.17, 15) is 8.42 Å². The summed E-state index contributed by atoms with van der Waals surface area (Å²) < 4.78 is 32.8. The predicted molar refractivity (Wildman–Crippen MR) is 73.9 cm³/mol. The van der Waals surface area contributed by atoms with Crippen molar-refractivity contribution in [3.05, 3.63) is 17.0 Å². The lowest BCUT2D eigenvalue weighted by Crippen LogP contribution is -2.40. The first kappa shape index (κ1) is 14.9. The van der Waals surface area contributed by atoms with Crippen LogP contribution in [-0.4, -0.2) is 39.4 Å². The molecule has 2 atom stereocenters. The van der Waals surface area contributed by atoms with Gasteiger partial charge in [-0.15, -0.1) is 11.3 Å². The van der Waals surface area contributed by atoms with Gasteiger partial charge in [0.15, 0.2) is 0 Å². The molecule has 2 rings (SSSR count). The van der Waals surface area contributed by atoms with Crippen molar-refractivity contribution in [1.82, 2.24) is 4.72 Å². The summed E-state index contributed by atoms with van der Waals surface area (Å²) in [7, 11) is -1.86. The van der Waals surface area contributed by atoms with Crippen LogP contribution in [-0.2, 0) is 21.2 Å². The van der Waals surface area contributed by atoms with Gasteiger partial charge in [0.05, 0.1) is 6.10 Å². The molecule has 2 unspecified atom stereocenters. The maximum Gasteiger partial charge on any atom is 0.250 e. The average Bonchev–Trinajstić information content (AvgIpc) is 2.98. The van der Waals surface area contributed by atoms with E-state index in [1.54, 1.807) is 19.2 Å². The van der Waals surface area contributed by atoms with Gasteiger partial charge in [0.1, 0.15) is 4.21 Å². The number of aliphatic hydroxyl groups is 1. The number of hydrogen-bond acceptors (Lipinski definition) is 5. The van der Waals surface area contributed by atoms with Crippen molar-refractivity contribution in [1.29, 1.82) is 0 Å². The Morgan fingerprint density at radius 2 is 2.26 bits per heavy atom. The fraction of sp³-hybridized carbons (Fsp3) is 0.667. The Kier molecular flexibility index (Phi) is 4.97. The predicted octanol–water partition coefficient (Wildman–Crippen LogP) is 1.13. The summed E-state index contributed by atoms with van der Waals surface area (Å²) in [5.41, 5.74) is 0. The van der Waals surface area contributed by atoms with E-state index < -0.39 is 10.0 Å². The lowest BCUT2D eigenvalue weighted by molar-refractivity contribution is 0.0916. The Morgan fingerprint density at radius 1 is 1.47 bits per heavy atom. The van der Waals surface area contributed by atoms with Crippen LogP contribution in [0, 0.1) is 0 Å². The molecule has 7 heteroatoms. The zero-order chi connectivity index (χ0) is 13.9. The molecule has 2 N–H and O–H groups in total. The van der Waals surface area contributed by atoms with E-state index in [-0.39, 0.29) is 18.8 Å². The third-order valence-corrected chi connectivity index (χ3v) is 6.45. The second kappa shape index (κ2) is 6.32. The number of thiophene rings is 1. The third kappa shape index (κ3) is 3.55. The Morgan fingerprint density at radius 3 is 2.95 bits per heavy atom. The van der Waals surface area contributed by atoms with Crippen LogP contribution in [0.1, 0.15) is 24.1 Å². The van der Waals surface area contributed by atoms with Gasteiger partial charge >= 0.3 is 0 Å². The summed E-state index contributed by atoms with van der Waals surface area (Å²) in [6.45, 7) is 0.0296. The van der Waals surface area contributed by atoms with Crippen molar-refractivity contribution in [2.75, 3.05) is 13.7 Å². The van der Waals surface area contributed by atoms with E-state index in [0.717, 1.165) is 24.1 Å². The van der Waals surface area contributed by atoms with Gasteiger partial charge in [0.2, 0.25) is 10.0 Å². The lowest BCUT2D eigenvalue weighted by atomic mass is 10.2. The van der Waals surface area contributed by atoms with Crippen LogP contribution in [0.3, 0.4) is 0 Å². The largest absolute Gasteiger partial charge is 0.396 e. The van der Waals surface area contributed by atoms with Crippen molar-refractivity contribution in [2.45, 2.75) is 42.0 Å². The molecule has 108 valence electrons. The molecule has 0 bridgehead atoms. The minimum atomic E-state index is -3.48. The quantitative estimate of drug-likeness (QED) is 0.826. The van der Waals surface area contributed by atoms with Gasteiger partial charge in [-0.05, 0) is 31.4 Å². The normalized spacial score (nSPS) is 23.9. The maximum absolute atomic E-state index is 12.2. The molecule has 19 heavy (non-hydrogen) atoms. The molecule has 1 aromatic rings. The molecule has 0 aliphatic heterocycles. The van der Waals surface area contributed by atoms with E-state index in [4.69, 9.17) is 9.84 Å². The minimum absolute atomic E-state index is 0.0296. The van der Waals surface area contributed by atoms with Crippen LogP contribution < -0.4 is 4.72 Å². The summed E-state index contributed by atoms with van der Waals surface area (Å²) in [5.74, 6) is 0. The summed E-state index contributed by atoms with van der Waals surface area (Å²) in [4.78, 5) is 0.873. The number of ether oxygens (including phenoxy) is 1. The number of hydrogen-bond donors (Lipinski definition) is 2. The molecule has 0 aromatic carbocycles. The Hall–Kier alpha value is -0.470. The standard InChI is InChI=1S/C12H19NO4S2/c1-17-11-4-2-3-10(11)13-19(15,16)12-6-5-9(18-12)7-8-14/h5-6,10-11,13-14H,2-4,7-8H2,1H3. The van der Waals surface area contributed by atoms with Gasteiger partial charge in [0, 0.05) is 31.1 Å². The van der Waals surface area contributed by atoms with E-state index >= 15 is 0 Å². The highest BCUT2D eigenvalue weighted by molar-refractivity contribution is 7.91. The van der Waals surface area contributed by atoms with Gasteiger partial charge in [-0.3, -0.25) is 0 Å². The number of sulfonamides is 1. The number of methoxy groups -OCH3 is 1. The van der Waals surface area contributed by atoms with Gasteiger partial charge in [-0.2, -0.15) is 0 Å². The van der Waals surface area contributed by atoms with Gasteiger partial charge in [0.25, 0.3) is 0 Å². The van der Waals surface area contributed by atoms with Crippen molar-refractivity contribution in [3.8, 4) is 0 Å². The molecule has 0 amide bonds. The van der Waals surface area contributed by atoms with Crippen LogP contribution in [0.15, 0.2) is 16.3 Å². The van der Waals surface area contributed by atoms with Crippen LogP contribution >= 0.6 is 11.3 Å². The van der Waals surface area contributed by atoms with E-state index in [2.05, 4.69) is 4.72 Å². The van der Waals surface area contributed by atoms with Crippen molar-refractivity contribution in [2.24, 2.45) is 0 Å². The summed E-state index contributed by atoms with van der Waals surface area (Å²) in [6.07, 6.45) is 3.14. The van der Waals surface area contributed by atoms with Crippen LogP contribution in [0.4, 0.5) is 0 Å². The molecule has 0 saturated heterocycles. The summed E-state index contributed by atoms with van der Waals surface area (Å²) in [5, 5.41) is 8.85. The molecule has 1 fully saturated rings. The third-order valence-electron chi connectivity index (χ3n) is 3.32. The second-order valence-electron chi connectivity index (χ2n) is 4.63. The SMILES string of the molecule is COC1CCCC1NS(=O)(=O)c1ccc(CCO)s1. The molecule has 1 aliphatic carbocycles. The molecular weight excluding hydrogens is 286 g/mol. The molecule has 1 saturated carbocycles. The molecular formula is C12H19NO4S2. The fourth-order valence-corrected chi connectivity index (χ4v) is 5.01. The molecule has 5 nitrogen and oxygen atoms in total. The monoisotopic (exact) mass is 305 g/mol. The summed E-state index contributed by atoms with van der Waals surface area (Å²) in [6, 6.07) is 3.20. The summed E-state index contributed by atoms with van der Waals surface area (Å²) >= 11 is 1.21. The zero-order valence-corrected chi connectivity index (χ0v) is 12.5. The molecule has 1 heterocycles. The number of nitrogens with one attached hydrogen (secondary N) is 1. The Bertz CT molecular complexity index is 512. The lowest BCUT2D eigenvalue weighted by Gasteiger charge is -2.18. The molecule has 0 spiro atoms. The number of rotatable bonds is 6. The number of aliphatic hydroxyl groups excluding tert-OH is 1. The first-order valence-electron chi connectivity index (χ1n) is 6.31. The zero-order valence-electron chi connectivity index (χ0n) is 10.8. The van der Waals surface area contributed by atoms with Crippen LogP contribution in [0.2, 0.25) is 0 Å². The topological polar surface area (TPSA) is 75.6 Å². The Labute approximate surface area is 117 Å². The second-order valence-corrected chi connectivity index (χ2v) is 7.74. The highest BCUT2D eigenvalue weighted by Crippen LogP contribution is 2.26. The van der Waals surface area contributed by atoms with E-state index in [1.807, 2.05) is 0 Å². The van der Waals surface area contributed by atoms with Crippen molar-refractivity contribution in [3.63, 3.8) is 0 Å². The molecule has 1 aliphatic rings. The van der Waals surface area contributed by atoms with Gasteiger partial charge in [-0.1, -0.05) is 0 Å². The van der Waals surface area contributed by atoms with Gasteiger partial charge in [-0.25, -0.2) is 13.1 Å².